The van der Waals surface area contributed by atoms with E-state index in [1.807, 2.05) is 18.2 Å². The Labute approximate surface area is 108 Å². The van der Waals surface area contributed by atoms with Crippen molar-refractivity contribution in [3.63, 3.8) is 0 Å². The van der Waals surface area contributed by atoms with Crippen LogP contribution in [0.25, 0.3) is 0 Å². The molecule has 0 aliphatic carbocycles. The van der Waals surface area contributed by atoms with Gasteiger partial charge in [-0.05, 0) is 38.2 Å². The number of rotatable bonds is 2. The van der Waals surface area contributed by atoms with Gasteiger partial charge in [0.2, 0.25) is 0 Å². The molecule has 94 valence electrons. The van der Waals surface area contributed by atoms with Crippen LogP contribution >= 0.6 is 11.6 Å². The molecule has 2 N–H and O–H groups in total. The van der Waals surface area contributed by atoms with E-state index in [-0.39, 0.29) is 0 Å². The Balaban J connectivity index is 2.19. The standard InChI is InChI=1S/C13H20ClN3/c1-9-7-17(8-13(9)16(2)3)12-5-4-10(14)6-11(12)15/h4-6,9,13H,7-8,15H2,1-3H3. The second-order valence-corrected chi connectivity index (χ2v) is 5.55. The fourth-order valence-electron chi connectivity index (χ4n) is 2.63. The van der Waals surface area contributed by atoms with Crippen molar-refractivity contribution in [2.75, 3.05) is 37.8 Å². The van der Waals surface area contributed by atoms with Gasteiger partial charge in [-0.1, -0.05) is 18.5 Å². The molecule has 4 heteroatoms. The van der Waals surface area contributed by atoms with E-state index in [9.17, 15) is 0 Å². The lowest BCUT2D eigenvalue weighted by Crippen LogP contribution is -2.34. The van der Waals surface area contributed by atoms with Crippen LogP contribution in [0.4, 0.5) is 11.4 Å². The third kappa shape index (κ3) is 2.50. The van der Waals surface area contributed by atoms with Crippen molar-refractivity contribution in [2.24, 2.45) is 5.92 Å². The van der Waals surface area contributed by atoms with Crippen molar-refractivity contribution in [1.82, 2.24) is 4.90 Å². The van der Waals surface area contributed by atoms with Crippen LogP contribution in [0.15, 0.2) is 18.2 Å². The maximum Gasteiger partial charge on any atom is 0.0601 e. The molecule has 1 saturated heterocycles. The van der Waals surface area contributed by atoms with E-state index < -0.39 is 0 Å². The molecule has 1 aliphatic heterocycles. The molecule has 1 aromatic rings. The molecule has 1 heterocycles. The Morgan fingerprint density at radius 1 is 1.35 bits per heavy atom. The highest BCUT2D eigenvalue weighted by molar-refractivity contribution is 6.31. The highest BCUT2D eigenvalue weighted by atomic mass is 35.5. The van der Waals surface area contributed by atoms with Gasteiger partial charge >= 0.3 is 0 Å². The van der Waals surface area contributed by atoms with Crippen LogP contribution in [0.1, 0.15) is 6.92 Å². The zero-order valence-corrected chi connectivity index (χ0v) is 11.4. The molecular weight excluding hydrogens is 234 g/mol. The summed E-state index contributed by atoms with van der Waals surface area (Å²) < 4.78 is 0. The quantitative estimate of drug-likeness (QED) is 0.821. The van der Waals surface area contributed by atoms with E-state index in [0.29, 0.717) is 17.0 Å². The molecule has 2 atom stereocenters. The predicted octanol–water partition coefficient (Wildman–Crippen LogP) is 2.31. The van der Waals surface area contributed by atoms with E-state index in [0.717, 1.165) is 24.5 Å². The van der Waals surface area contributed by atoms with Crippen LogP contribution in [0.2, 0.25) is 5.02 Å². The number of hydrogen-bond donors (Lipinski definition) is 1. The number of anilines is 2. The first-order chi connectivity index (χ1) is 7.99. The second kappa shape index (κ2) is 4.75. The lowest BCUT2D eigenvalue weighted by molar-refractivity contribution is 0.266. The largest absolute Gasteiger partial charge is 0.397 e. The molecule has 1 aliphatic rings. The van der Waals surface area contributed by atoms with Gasteiger partial charge < -0.3 is 15.5 Å². The fourth-order valence-corrected chi connectivity index (χ4v) is 2.81. The number of nitrogen functional groups attached to an aromatic ring is 1. The zero-order chi connectivity index (χ0) is 12.6. The normalized spacial score (nSPS) is 24.6. The van der Waals surface area contributed by atoms with Gasteiger partial charge in [0.25, 0.3) is 0 Å². The minimum absolute atomic E-state index is 0.588. The lowest BCUT2D eigenvalue weighted by atomic mass is 10.1. The fraction of sp³-hybridized carbons (Fsp3) is 0.538. The number of likely N-dealkylation sites (N-methyl/N-ethyl adjacent to an activating group) is 1. The molecule has 0 spiro atoms. The Hall–Kier alpha value is -0.930. The minimum atomic E-state index is 0.588. The number of halogens is 1. The molecule has 0 aromatic heterocycles. The molecule has 2 rings (SSSR count). The molecule has 0 amide bonds. The molecule has 1 aromatic carbocycles. The Kier molecular flexibility index (Phi) is 3.50. The number of nitrogens with zero attached hydrogens (tertiary/aromatic N) is 2. The van der Waals surface area contributed by atoms with Crippen LogP contribution < -0.4 is 10.6 Å². The summed E-state index contributed by atoms with van der Waals surface area (Å²) in [5, 5.41) is 0.697. The summed E-state index contributed by atoms with van der Waals surface area (Å²) in [7, 11) is 4.27. The molecule has 0 bridgehead atoms. The van der Waals surface area contributed by atoms with Crippen LogP contribution in [0, 0.1) is 5.92 Å². The van der Waals surface area contributed by atoms with E-state index >= 15 is 0 Å². The van der Waals surface area contributed by atoms with Gasteiger partial charge in [0.05, 0.1) is 11.4 Å². The molecule has 1 fully saturated rings. The van der Waals surface area contributed by atoms with Gasteiger partial charge in [-0.25, -0.2) is 0 Å². The Bertz CT molecular complexity index is 406. The summed E-state index contributed by atoms with van der Waals surface area (Å²) >= 11 is 5.92. The first-order valence-electron chi connectivity index (χ1n) is 5.95. The topological polar surface area (TPSA) is 32.5 Å². The molecule has 17 heavy (non-hydrogen) atoms. The summed E-state index contributed by atoms with van der Waals surface area (Å²) in [6.07, 6.45) is 0. The van der Waals surface area contributed by atoms with Crippen molar-refractivity contribution in [3.05, 3.63) is 23.2 Å². The van der Waals surface area contributed by atoms with E-state index in [1.165, 1.54) is 0 Å². The van der Waals surface area contributed by atoms with Gasteiger partial charge in [-0.2, -0.15) is 0 Å². The maximum atomic E-state index is 6.03. The van der Waals surface area contributed by atoms with Crippen molar-refractivity contribution in [2.45, 2.75) is 13.0 Å². The smallest absolute Gasteiger partial charge is 0.0601 e. The number of nitrogens with two attached hydrogens (primary N) is 1. The van der Waals surface area contributed by atoms with Gasteiger partial charge in [-0.3, -0.25) is 0 Å². The van der Waals surface area contributed by atoms with Crippen molar-refractivity contribution < 1.29 is 0 Å². The Morgan fingerprint density at radius 2 is 2.06 bits per heavy atom. The van der Waals surface area contributed by atoms with Gasteiger partial charge in [0.1, 0.15) is 0 Å². The van der Waals surface area contributed by atoms with Gasteiger partial charge in [-0.15, -0.1) is 0 Å². The lowest BCUT2D eigenvalue weighted by Gasteiger charge is -2.23. The average Bonchev–Trinajstić information content (AvgIpc) is 2.60. The molecular formula is C13H20ClN3. The first-order valence-corrected chi connectivity index (χ1v) is 6.33. The van der Waals surface area contributed by atoms with Crippen molar-refractivity contribution in [3.8, 4) is 0 Å². The van der Waals surface area contributed by atoms with E-state index in [4.69, 9.17) is 17.3 Å². The molecule has 0 radical (unpaired) electrons. The molecule has 0 saturated carbocycles. The summed E-state index contributed by atoms with van der Waals surface area (Å²) in [6, 6.07) is 6.33. The van der Waals surface area contributed by atoms with Crippen LogP contribution in [0.5, 0.6) is 0 Å². The van der Waals surface area contributed by atoms with E-state index in [1.54, 1.807) is 0 Å². The summed E-state index contributed by atoms with van der Waals surface area (Å²) in [6.45, 7) is 4.37. The third-order valence-electron chi connectivity index (χ3n) is 3.57. The highest BCUT2D eigenvalue weighted by Crippen LogP contribution is 2.31. The van der Waals surface area contributed by atoms with Crippen LogP contribution in [-0.4, -0.2) is 38.1 Å². The highest BCUT2D eigenvalue weighted by Gasteiger charge is 2.31. The monoisotopic (exact) mass is 253 g/mol. The summed E-state index contributed by atoms with van der Waals surface area (Å²) in [5.74, 6) is 0.653. The Morgan fingerprint density at radius 3 is 2.59 bits per heavy atom. The zero-order valence-electron chi connectivity index (χ0n) is 10.7. The minimum Gasteiger partial charge on any atom is -0.397 e. The van der Waals surface area contributed by atoms with E-state index in [2.05, 4.69) is 30.8 Å². The van der Waals surface area contributed by atoms with Crippen LogP contribution in [-0.2, 0) is 0 Å². The summed E-state index contributed by atoms with van der Waals surface area (Å²) in [4.78, 5) is 4.64. The molecule has 2 unspecified atom stereocenters. The molecule has 3 nitrogen and oxygen atoms in total. The number of hydrogen-bond acceptors (Lipinski definition) is 3. The second-order valence-electron chi connectivity index (χ2n) is 5.12. The predicted molar refractivity (Wildman–Crippen MR) is 74.7 cm³/mol. The van der Waals surface area contributed by atoms with Crippen molar-refractivity contribution in [1.29, 1.82) is 0 Å². The SMILES string of the molecule is CC1CN(c2ccc(Cl)cc2N)CC1N(C)C. The third-order valence-corrected chi connectivity index (χ3v) is 3.80. The number of benzene rings is 1. The average molecular weight is 254 g/mol. The van der Waals surface area contributed by atoms with Crippen LogP contribution in [0.3, 0.4) is 0 Å². The maximum absolute atomic E-state index is 6.03. The van der Waals surface area contributed by atoms with Gasteiger partial charge in [0.15, 0.2) is 0 Å². The van der Waals surface area contributed by atoms with Gasteiger partial charge in [0, 0.05) is 24.2 Å². The first kappa shape index (κ1) is 12.5. The van der Waals surface area contributed by atoms with Crippen molar-refractivity contribution >= 4 is 23.0 Å². The summed E-state index contributed by atoms with van der Waals surface area (Å²) in [5.41, 5.74) is 7.90.